The summed E-state index contributed by atoms with van der Waals surface area (Å²) in [5.41, 5.74) is 0.0484. The fourth-order valence-electron chi connectivity index (χ4n) is 1.62. The summed E-state index contributed by atoms with van der Waals surface area (Å²) in [6.45, 7) is 4.63. The van der Waals surface area contributed by atoms with Crippen molar-refractivity contribution in [2.75, 3.05) is 20.3 Å². The summed E-state index contributed by atoms with van der Waals surface area (Å²) in [6.07, 6.45) is 0. The molecule has 0 aliphatic carbocycles. The zero-order valence-corrected chi connectivity index (χ0v) is 11.7. The zero-order chi connectivity index (χ0) is 13.7. The molecule has 0 saturated carbocycles. The molecule has 5 heteroatoms. The van der Waals surface area contributed by atoms with Crippen LogP contribution in [-0.4, -0.2) is 37.1 Å². The monoisotopic (exact) mass is 271 g/mol. The molecule has 0 bridgehead atoms. The van der Waals surface area contributed by atoms with Crippen LogP contribution in [0.3, 0.4) is 0 Å². The van der Waals surface area contributed by atoms with E-state index in [1.54, 1.807) is 12.0 Å². The normalized spacial score (nSPS) is 10.8. The number of methoxy groups -OCH3 is 1. The first-order chi connectivity index (χ1) is 8.47. The van der Waals surface area contributed by atoms with Crippen molar-refractivity contribution in [2.45, 2.75) is 24.8 Å². The van der Waals surface area contributed by atoms with Gasteiger partial charge in [-0.3, -0.25) is 4.79 Å². The highest BCUT2D eigenvalue weighted by molar-refractivity contribution is 7.80. The fourth-order valence-corrected chi connectivity index (χ4v) is 1.82. The Labute approximate surface area is 112 Å². The number of hydrogen-bond acceptors (Lipinski definition) is 3. The van der Waals surface area contributed by atoms with Crippen LogP contribution in [-0.2, 0) is 4.74 Å². The second kappa shape index (κ2) is 6.75. The van der Waals surface area contributed by atoms with E-state index >= 15 is 0 Å². The third-order valence-corrected chi connectivity index (χ3v) is 2.88. The maximum atomic E-state index is 13.7. The lowest BCUT2D eigenvalue weighted by Gasteiger charge is -2.26. The quantitative estimate of drug-likeness (QED) is 0.834. The number of thiol groups is 1. The van der Waals surface area contributed by atoms with E-state index in [9.17, 15) is 9.18 Å². The first kappa shape index (κ1) is 15.0. The van der Waals surface area contributed by atoms with Crippen molar-refractivity contribution >= 4 is 18.5 Å². The lowest BCUT2D eigenvalue weighted by Crippen LogP contribution is -2.39. The molecule has 1 aromatic rings. The van der Waals surface area contributed by atoms with Gasteiger partial charge in [-0.05, 0) is 32.0 Å². The number of hydrogen-bond donors (Lipinski definition) is 1. The average molecular weight is 271 g/mol. The Balaban J connectivity index is 2.98. The predicted octanol–water partition coefficient (Wildman–Crippen LogP) is 2.61. The lowest BCUT2D eigenvalue weighted by atomic mass is 10.1. The molecule has 0 heterocycles. The third kappa shape index (κ3) is 3.71. The number of nitrogens with zero attached hydrogens (tertiary/aromatic N) is 1. The summed E-state index contributed by atoms with van der Waals surface area (Å²) in [4.78, 5) is 14.4. The minimum Gasteiger partial charge on any atom is -0.383 e. The third-order valence-electron chi connectivity index (χ3n) is 2.60. The van der Waals surface area contributed by atoms with Crippen LogP contribution in [0.2, 0.25) is 0 Å². The first-order valence-electron chi connectivity index (χ1n) is 5.75. The van der Waals surface area contributed by atoms with Crippen molar-refractivity contribution in [1.29, 1.82) is 0 Å². The van der Waals surface area contributed by atoms with Gasteiger partial charge < -0.3 is 9.64 Å². The number of benzene rings is 1. The molecule has 0 N–H and O–H groups in total. The molecule has 100 valence electrons. The number of ether oxygens (including phenoxy) is 1. The van der Waals surface area contributed by atoms with Crippen molar-refractivity contribution in [1.82, 2.24) is 4.90 Å². The Morgan fingerprint density at radius 1 is 1.50 bits per heavy atom. The van der Waals surface area contributed by atoms with E-state index in [1.165, 1.54) is 18.2 Å². The van der Waals surface area contributed by atoms with E-state index in [1.807, 2.05) is 13.8 Å². The van der Waals surface area contributed by atoms with Gasteiger partial charge in [-0.1, -0.05) is 0 Å². The van der Waals surface area contributed by atoms with Crippen molar-refractivity contribution in [3.63, 3.8) is 0 Å². The Morgan fingerprint density at radius 3 is 2.72 bits per heavy atom. The molecule has 0 aromatic heterocycles. The number of amides is 1. The van der Waals surface area contributed by atoms with Crippen molar-refractivity contribution in [3.8, 4) is 0 Å². The van der Waals surface area contributed by atoms with Crippen LogP contribution in [0.15, 0.2) is 23.1 Å². The minimum atomic E-state index is -0.527. The van der Waals surface area contributed by atoms with E-state index in [-0.39, 0.29) is 17.5 Å². The van der Waals surface area contributed by atoms with E-state index < -0.39 is 5.82 Å². The highest BCUT2D eigenvalue weighted by Crippen LogP contribution is 2.16. The summed E-state index contributed by atoms with van der Waals surface area (Å²) >= 11 is 4.12. The Bertz CT molecular complexity index is 423. The zero-order valence-electron chi connectivity index (χ0n) is 10.8. The van der Waals surface area contributed by atoms with Gasteiger partial charge in [-0.25, -0.2) is 4.39 Å². The van der Waals surface area contributed by atoms with Gasteiger partial charge in [0.05, 0.1) is 12.2 Å². The van der Waals surface area contributed by atoms with Crippen LogP contribution in [0.5, 0.6) is 0 Å². The molecule has 1 aromatic carbocycles. The maximum absolute atomic E-state index is 13.7. The van der Waals surface area contributed by atoms with Gasteiger partial charge in [-0.2, -0.15) is 0 Å². The predicted molar refractivity (Wildman–Crippen MR) is 71.7 cm³/mol. The maximum Gasteiger partial charge on any atom is 0.257 e. The largest absolute Gasteiger partial charge is 0.383 e. The Morgan fingerprint density at radius 2 is 2.17 bits per heavy atom. The standard InChI is InChI=1S/C13H18FNO2S/c1-9(2)15(6-7-17-3)13(16)11-8-10(18)4-5-12(11)14/h4-5,8-9,18H,6-7H2,1-3H3. The molecule has 0 saturated heterocycles. The number of halogens is 1. The molecular formula is C13H18FNO2S. The molecule has 0 spiro atoms. The Kier molecular flexibility index (Phi) is 5.62. The van der Waals surface area contributed by atoms with Crippen molar-refractivity contribution < 1.29 is 13.9 Å². The molecule has 0 radical (unpaired) electrons. The van der Waals surface area contributed by atoms with Crippen molar-refractivity contribution in [3.05, 3.63) is 29.6 Å². The van der Waals surface area contributed by atoms with Crippen LogP contribution in [0, 0.1) is 5.82 Å². The first-order valence-corrected chi connectivity index (χ1v) is 6.20. The fraction of sp³-hybridized carbons (Fsp3) is 0.462. The minimum absolute atomic E-state index is 0.0179. The topological polar surface area (TPSA) is 29.5 Å². The van der Waals surface area contributed by atoms with Gasteiger partial charge in [0.25, 0.3) is 5.91 Å². The van der Waals surface area contributed by atoms with E-state index in [0.29, 0.717) is 18.0 Å². The number of carbonyl (C=O) groups excluding carboxylic acids is 1. The van der Waals surface area contributed by atoms with Crippen LogP contribution in [0.25, 0.3) is 0 Å². The molecule has 0 unspecified atom stereocenters. The molecule has 18 heavy (non-hydrogen) atoms. The molecule has 1 amide bonds. The molecule has 0 aliphatic heterocycles. The second-order valence-electron chi connectivity index (χ2n) is 4.25. The highest BCUT2D eigenvalue weighted by Gasteiger charge is 2.21. The van der Waals surface area contributed by atoms with Crippen molar-refractivity contribution in [2.24, 2.45) is 0 Å². The van der Waals surface area contributed by atoms with Crippen LogP contribution >= 0.6 is 12.6 Å². The van der Waals surface area contributed by atoms with E-state index in [0.717, 1.165) is 0 Å². The van der Waals surface area contributed by atoms with Gasteiger partial charge in [0.15, 0.2) is 0 Å². The Hall–Kier alpha value is -1.07. The summed E-state index contributed by atoms with van der Waals surface area (Å²) in [7, 11) is 1.57. The summed E-state index contributed by atoms with van der Waals surface area (Å²) < 4.78 is 18.6. The summed E-state index contributed by atoms with van der Waals surface area (Å²) in [5.74, 6) is -0.865. The molecule has 3 nitrogen and oxygen atoms in total. The molecular weight excluding hydrogens is 253 g/mol. The van der Waals surface area contributed by atoms with Gasteiger partial charge in [0.1, 0.15) is 5.82 Å². The average Bonchev–Trinajstić information content (AvgIpc) is 2.32. The number of rotatable bonds is 5. The molecule has 0 atom stereocenters. The van der Waals surface area contributed by atoms with Gasteiger partial charge in [0.2, 0.25) is 0 Å². The molecule has 0 fully saturated rings. The van der Waals surface area contributed by atoms with Gasteiger partial charge in [-0.15, -0.1) is 12.6 Å². The summed E-state index contributed by atoms with van der Waals surface area (Å²) in [6, 6.07) is 4.20. The summed E-state index contributed by atoms with van der Waals surface area (Å²) in [5, 5.41) is 0. The van der Waals surface area contributed by atoms with E-state index in [2.05, 4.69) is 12.6 Å². The number of carbonyl (C=O) groups is 1. The van der Waals surface area contributed by atoms with E-state index in [4.69, 9.17) is 4.74 Å². The van der Waals surface area contributed by atoms with Crippen LogP contribution in [0.1, 0.15) is 24.2 Å². The molecule has 0 aliphatic rings. The smallest absolute Gasteiger partial charge is 0.257 e. The van der Waals surface area contributed by atoms with Gasteiger partial charge in [0, 0.05) is 24.6 Å². The van der Waals surface area contributed by atoms with Crippen LogP contribution < -0.4 is 0 Å². The second-order valence-corrected chi connectivity index (χ2v) is 4.77. The molecule has 1 rings (SSSR count). The van der Waals surface area contributed by atoms with Crippen LogP contribution in [0.4, 0.5) is 4.39 Å². The SMILES string of the molecule is COCCN(C(=O)c1cc(S)ccc1F)C(C)C. The van der Waals surface area contributed by atoms with Gasteiger partial charge >= 0.3 is 0 Å². The lowest BCUT2D eigenvalue weighted by molar-refractivity contribution is 0.0630. The highest BCUT2D eigenvalue weighted by atomic mass is 32.1.